The molecule has 0 aliphatic heterocycles. The van der Waals surface area contributed by atoms with Crippen molar-refractivity contribution in [1.29, 1.82) is 0 Å². The molecule has 8 rings (SSSR count). The predicted molar refractivity (Wildman–Crippen MR) is 108 cm³/mol. The normalized spacial score (nSPS) is 46.2. The van der Waals surface area contributed by atoms with E-state index < -0.39 is 11.9 Å². The summed E-state index contributed by atoms with van der Waals surface area (Å²) in [5.74, 6) is 5.92. The molecule has 0 heterocycles. The average molecular weight is 391 g/mol. The van der Waals surface area contributed by atoms with Crippen molar-refractivity contribution in [2.45, 2.75) is 90.4 Å². The van der Waals surface area contributed by atoms with Gasteiger partial charge >= 0.3 is 5.97 Å². The highest BCUT2D eigenvalue weighted by Crippen LogP contribution is 2.61. The minimum Gasteiger partial charge on any atom is -0.481 e. The summed E-state index contributed by atoms with van der Waals surface area (Å²) in [5.41, 5.74) is 0.223. The third-order valence-electron chi connectivity index (χ3n) is 8.69. The van der Waals surface area contributed by atoms with Crippen LogP contribution in [-0.4, -0.2) is 22.2 Å². The molecule has 0 aromatic rings. The van der Waals surface area contributed by atoms with E-state index in [-0.39, 0.29) is 5.41 Å². The van der Waals surface area contributed by atoms with Gasteiger partial charge in [-0.3, -0.25) is 9.59 Å². The Morgan fingerprint density at radius 2 is 0.893 bits per heavy atom. The summed E-state index contributed by atoms with van der Waals surface area (Å²) in [4.78, 5) is 19.9. The largest absolute Gasteiger partial charge is 0.481 e. The van der Waals surface area contributed by atoms with Crippen molar-refractivity contribution in [2.24, 2.45) is 46.8 Å². The molecule has 0 saturated heterocycles. The minimum absolute atomic E-state index is 0.223. The molecule has 0 aromatic carbocycles. The lowest BCUT2D eigenvalue weighted by Gasteiger charge is -2.56. The van der Waals surface area contributed by atoms with Crippen LogP contribution in [0.1, 0.15) is 90.4 Å². The number of carbonyl (C=O) groups is 2. The zero-order valence-electron chi connectivity index (χ0n) is 17.4. The molecule has 0 unspecified atom stereocenters. The van der Waals surface area contributed by atoms with Crippen LogP contribution in [0.25, 0.3) is 0 Å². The molecule has 8 aliphatic carbocycles. The summed E-state index contributed by atoms with van der Waals surface area (Å²) < 4.78 is 0. The van der Waals surface area contributed by atoms with Crippen molar-refractivity contribution >= 4 is 11.9 Å². The highest BCUT2D eigenvalue weighted by atomic mass is 16.4. The first-order valence-corrected chi connectivity index (χ1v) is 11.7. The number of hydrogen-bond donors (Lipinski definition) is 2. The van der Waals surface area contributed by atoms with Gasteiger partial charge in [0.25, 0.3) is 5.97 Å². The van der Waals surface area contributed by atoms with Crippen LogP contribution in [0.4, 0.5) is 0 Å². The Bertz CT molecular complexity index is 500. The van der Waals surface area contributed by atoms with E-state index in [9.17, 15) is 4.79 Å². The molecule has 158 valence electrons. The van der Waals surface area contributed by atoms with Crippen LogP contribution < -0.4 is 0 Å². The second-order valence-electron chi connectivity index (χ2n) is 11.4. The lowest BCUT2D eigenvalue weighted by Crippen LogP contribution is -2.46. The van der Waals surface area contributed by atoms with E-state index in [1.54, 1.807) is 38.5 Å². The molecule has 0 radical (unpaired) electrons. The molecule has 8 aliphatic rings. The third kappa shape index (κ3) is 4.74. The highest BCUT2D eigenvalue weighted by molar-refractivity contribution is 5.67. The first-order valence-electron chi connectivity index (χ1n) is 11.7. The van der Waals surface area contributed by atoms with Crippen LogP contribution in [0.3, 0.4) is 0 Å². The number of carboxylic acid groups (broad SMARTS) is 2. The molecule has 0 aromatic heterocycles. The molecule has 8 saturated carbocycles. The van der Waals surface area contributed by atoms with Crippen LogP contribution in [0.5, 0.6) is 0 Å². The average Bonchev–Trinajstić information content (AvgIpc) is 2.50. The fourth-order valence-corrected chi connectivity index (χ4v) is 8.81. The molecule has 0 amide bonds. The van der Waals surface area contributed by atoms with E-state index >= 15 is 0 Å². The van der Waals surface area contributed by atoms with Crippen molar-refractivity contribution < 1.29 is 19.8 Å². The quantitative estimate of drug-likeness (QED) is 0.643. The SMILES string of the molecule is C1C2CC3CC1CC(C2)C3.CC(=O)O.O=C(O)CC12CC3CC(CC(C3)C1)C2. The zero-order chi connectivity index (χ0) is 19.9. The van der Waals surface area contributed by atoms with Gasteiger partial charge in [-0.1, -0.05) is 0 Å². The Morgan fingerprint density at radius 1 is 0.643 bits per heavy atom. The molecular weight excluding hydrogens is 352 g/mol. The lowest BCUT2D eigenvalue weighted by molar-refractivity contribution is -0.145. The Morgan fingerprint density at radius 3 is 1.14 bits per heavy atom. The molecule has 8 bridgehead atoms. The number of carboxylic acids is 2. The summed E-state index contributed by atoms with van der Waals surface area (Å²) in [6.45, 7) is 1.08. The highest BCUT2D eigenvalue weighted by Gasteiger charge is 2.51. The molecule has 0 spiro atoms. The second-order valence-corrected chi connectivity index (χ2v) is 11.4. The standard InChI is InChI=1S/C12H18O2.C10H16.C2H4O2/c13-11(14)7-12-4-8-1-9(5-12)3-10(2-8)6-12;1-7-2-9-4-8(1)5-10(3-7)6-9;1-2(3)4/h8-10H,1-7H2,(H,13,14);7-10H,1-6H2;1H3,(H,3,4). The maximum Gasteiger partial charge on any atom is 0.303 e. The maximum atomic E-state index is 10.9. The molecule has 4 heteroatoms. The molecule has 4 nitrogen and oxygen atoms in total. The van der Waals surface area contributed by atoms with Crippen LogP contribution in [0.15, 0.2) is 0 Å². The second kappa shape index (κ2) is 7.99. The molecular formula is C24H38O4. The van der Waals surface area contributed by atoms with Crippen LogP contribution >= 0.6 is 0 Å². The van der Waals surface area contributed by atoms with Gasteiger partial charge in [0.05, 0.1) is 6.42 Å². The number of hydrogen-bond acceptors (Lipinski definition) is 2. The third-order valence-corrected chi connectivity index (χ3v) is 8.69. The van der Waals surface area contributed by atoms with E-state index in [0.717, 1.165) is 24.7 Å². The van der Waals surface area contributed by atoms with Gasteiger partial charge in [0, 0.05) is 6.92 Å². The van der Waals surface area contributed by atoms with Crippen molar-refractivity contribution in [2.75, 3.05) is 0 Å². The smallest absolute Gasteiger partial charge is 0.303 e. The fourth-order valence-electron chi connectivity index (χ4n) is 8.81. The number of rotatable bonds is 2. The zero-order valence-corrected chi connectivity index (χ0v) is 17.4. The van der Waals surface area contributed by atoms with Gasteiger partial charge in [-0.25, -0.2) is 0 Å². The Kier molecular flexibility index (Phi) is 5.77. The van der Waals surface area contributed by atoms with E-state index in [2.05, 4.69) is 0 Å². The summed E-state index contributed by atoms with van der Waals surface area (Å²) >= 11 is 0. The predicted octanol–water partition coefficient (Wildman–Crippen LogP) is 5.60. The lowest BCUT2D eigenvalue weighted by atomic mass is 9.49. The number of aliphatic carboxylic acids is 2. The summed E-state index contributed by atoms with van der Waals surface area (Å²) in [6.07, 6.45) is 17.9. The van der Waals surface area contributed by atoms with E-state index in [1.807, 2.05) is 0 Å². The molecule has 28 heavy (non-hydrogen) atoms. The van der Waals surface area contributed by atoms with Gasteiger partial charge in [0.15, 0.2) is 0 Å². The molecule has 2 N–H and O–H groups in total. The van der Waals surface area contributed by atoms with Crippen molar-refractivity contribution in [3.05, 3.63) is 0 Å². The fraction of sp³-hybridized carbons (Fsp3) is 0.917. The van der Waals surface area contributed by atoms with Crippen molar-refractivity contribution in [3.63, 3.8) is 0 Å². The Balaban J connectivity index is 0.000000120. The maximum absolute atomic E-state index is 10.9. The van der Waals surface area contributed by atoms with Gasteiger partial charge in [-0.15, -0.1) is 0 Å². The van der Waals surface area contributed by atoms with E-state index in [0.29, 0.717) is 6.42 Å². The van der Waals surface area contributed by atoms with Crippen LogP contribution in [0.2, 0.25) is 0 Å². The van der Waals surface area contributed by atoms with Gasteiger partial charge in [0.1, 0.15) is 0 Å². The van der Waals surface area contributed by atoms with E-state index in [4.69, 9.17) is 15.0 Å². The van der Waals surface area contributed by atoms with Crippen LogP contribution in [-0.2, 0) is 9.59 Å². The van der Waals surface area contributed by atoms with Gasteiger partial charge in [-0.05, 0) is 124 Å². The summed E-state index contributed by atoms with van der Waals surface area (Å²) in [6, 6.07) is 0. The summed E-state index contributed by atoms with van der Waals surface area (Å²) in [5, 5.41) is 16.4. The summed E-state index contributed by atoms with van der Waals surface area (Å²) in [7, 11) is 0. The Hall–Kier alpha value is -1.06. The first-order chi connectivity index (χ1) is 13.3. The molecule has 0 atom stereocenters. The monoisotopic (exact) mass is 390 g/mol. The topological polar surface area (TPSA) is 74.6 Å². The van der Waals surface area contributed by atoms with Crippen molar-refractivity contribution in [3.8, 4) is 0 Å². The van der Waals surface area contributed by atoms with Gasteiger partial charge in [0.2, 0.25) is 0 Å². The Labute approximate surface area is 169 Å². The van der Waals surface area contributed by atoms with Crippen LogP contribution in [0, 0.1) is 46.8 Å². The minimum atomic E-state index is -0.833. The van der Waals surface area contributed by atoms with Gasteiger partial charge < -0.3 is 10.2 Å². The first kappa shape index (κ1) is 20.2. The molecule has 8 fully saturated rings. The van der Waals surface area contributed by atoms with Gasteiger partial charge in [-0.2, -0.15) is 0 Å². The van der Waals surface area contributed by atoms with Crippen molar-refractivity contribution in [1.82, 2.24) is 0 Å². The van der Waals surface area contributed by atoms with E-state index in [1.165, 1.54) is 62.2 Å².